The van der Waals surface area contributed by atoms with E-state index in [0.29, 0.717) is 0 Å². The van der Waals surface area contributed by atoms with Crippen LogP contribution in [0, 0.1) is 5.82 Å². The van der Waals surface area contributed by atoms with Gasteiger partial charge in [-0.15, -0.1) is 0 Å². The van der Waals surface area contributed by atoms with Crippen LogP contribution in [0.1, 0.15) is 15.9 Å². The van der Waals surface area contributed by atoms with Gasteiger partial charge in [-0.25, -0.2) is 12.8 Å². The van der Waals surface area contributed by atoms with E-state index in [2.05, 4.69) is 0 Å². The zero-order valence-corrected chi connectivity index (χ0v) is 15.3. The Balaban J connectivity index is 1.75. The summed E-state index contributed by atoms with van der Waals surface area (Å²) in [6.45, 7) is -0.337. The van der Waals surface area contributed by atoms with Crippen molar-refractivity contribution < 1.29 is 30.8 Å². The highest BCUT2D eigenvalue weighted by molar-refractivity contribution is 7.89. The quantitative estimate of drug-likeness (QED) is 0.723. The molecular weight excluding hydrogens is 400 g/mol. The molecule has 1 aliphatic heterocycles. The molecule has 0 unspecified atom stereocenters. The van der Waals surface area contributed by atoms with Crippen molar-refractivity contribution in [2.45, 2.75) is 11.1 Å². The number of carbonyl (C=O) groups excluding carboxylic acids is 1. The third kappa shape index (κ3) is 4.02. The number of hydrogen-bond acceptors (Lipinski definition) is 3. The molecule has 1 fully saturated rings. The molecule has 1 amide bonds. The molecule has 0 atom stereocenters. The summed E-state index contributed by atoms with van der Waals surface area (Å²) in [6, 6.07) is 9.01. The Morgan fingerprint density at radius 2 is 1.57 bits per heavy atom. The maximum atomic E-state index is 13.3. The van der Waals surface area contributed by atoms with E-state index in [1.54, 1.807) is 0 Å². The minimum Gasteiger partial charge on any atom is -0.336 e. The van der Waals surface area contributed by atoms with Crippen LogP contribution < -0.4 is 0 Å². The number of hydrogen-bond donors (Lipinski definition) is 0. The zero-order valence-electron chi connectivity index (χ0n) is 14.5. The molecule has 0 spiro atoms. The maximum absolute atomic E-state index is 13.3. The van der Waals surface area contributed by atoms with Crippen molar-refractivity contribution in [2.75, 3.05) is 26.2 Å². The number of carbonyl (C=O) groups is 1. The Bertz CT molecular complexity index is 984. The minimum atomic E-state index is -4.67. The van der Waals surface area contributed by atoms with Gasteiger partial charge < -0.3 is 4.90 Å². The molecule has 1 heterocycles. The summed E-state index contributed by atoms with van der Waals surface area (Å²) in [6.07, 6.45) is -4.67. The van der Waals surface area contributed by atoms with Crippen LogP contribution >= 0.6 is 0 Å². The van der Waals surface area contributed by atoms with Crippen molar-refractivity contribution in [3.63, 3.8) is 0 Å². The van der Waals surface area contributed by atoms with Crippen molar-refractivity contribution in [1.82, 2.24) is 9.21 Å². The highest BCUT2D eigenvalue weighted by Gasteiger charge is 2.37. The Kier molecular flexibility index (Phi) is 5.44. The lowest BCUT2D eigenvalue weighted by atomic mass is 10.1. The lowest BCUT2D eigenvalue weighted by Crippen LogP contribution is -2.50. The second-order valence-corrected chi connectivity index (χ2v) is 8.13. The van der Waals surface area contributed by atoms with Crippen LogP contribution in [0.3, 0.4) is 0 Å². The van der Waals surface area contributed by atoms with E-state index in [-0.39, 0.29) is 31.1 Å². The highest BCUT2D eigenvalue weighted by Crippen LogP contribution is 2.32. The average molecular weight is 416 g/mol. The third-order valence-corrected chi connectivity index (χ3v) is 6.32. The van der Waals surface area contributed by atoms with Gasteiger partial charge in [0.1, 0.15) is 5.82 Å². The van der Waals surface area contributed by atoms with Gasteiger partial charge in [0.05, 0.1) is 16.0 Å². The number of halogens is 4. The first-order valence-corrected chi connectivity index (χ1v) is 9.76. The van der Waals surface area contributed by atoms with Gasteiger partial charge in [-0.3, -0.25) is 4.79 Å². The number of benzene rings is 2. The first-order valence-electron chi connectivity index (χ1n) is 8.32. The monoisotopic (exact) mass is 416 g/mol. The van der Waals surface area contributed by atoms with Crippen LogP contribution in [0.25, 0.3) is 0 Å². The number of alkyl halides is 3. The van der Waals surface area contributed by atoms with E-state index >= 15 is 0 Å². The summed E-state index contributed by atoms with van der Waals surface area (Å²) in [4.78, 5) is 13.5. The number of rotatable bonds is 3. The Labute approximate surface area is 159 Å². The van der Waals surface area contributed by atoms with Crippen LogP contribution in [-0.2, 0) is 16.2 Å². The molecule has 1 saturated heterocycles. The Hall–Kier alpha value is -2.46. The number of nitrogens with zero attached hydrogens (tertiary/aromatic N) is 2. The summed E-state index contributed by atoms with van der Waals surface area (Å²) in [5.74, 6) is -1.51. The second kappa shape index (κ2) is 7.51. The Morgan fingerprint density at radius 3 is 2.18 bits per heavy atom. The fourth-order valence-corrected chi connectivity index (χ4v) is 4.45. The van der Waals surface area contributed by atoms with Crippen molar-refractivity contribution in [3.05, 3.63) is 65.5 Å². The lowest BCUT2D eigenvalue weighted by Gasteiger charge is -2.34. The molecule has 0 radical (unpaired) electrons. The molecule has 0 N–H and O–H groups in total. The molecule has 28 heavy (non-hydrogen) atoms. The first kappa shape index (κ1) is 20.3. The second-order valence-electron chi connectivity index (χ2n) is 6.20. The van der Waals surface area contributed by atoms with Gasteiger partial charge in [0.15, 0.2) is 0 Å². The molecule has 1 aliphatic rings. The van der Waals surface area contributed by atoms with Crippen LogP contribution in [0.2, 0.25) is 0 Å². The maximum Gasteiger partial charge on any atom is 0.417 e. The minimum absolute atomic E-state index is 0.0699. The van der Waals surface area contributed by atoms with E-state index < -0.39 is 39.1 Å². The number of sulfonamides is 1. The predicted octanol–water partition coefficient (Wildman–Crippen LogP) is 2.99. The van der Waals surface area contributed by atoms with E-state index in [0.717, 1.165) is 28.6 Å². The largest absolute Gasteiger partial charge is 0.417 e. The summed E-state index contributed by atoms with van der Waals surface area (Å²) in [7, 11) is -3.95. The summed E-state index contributed by atoms with van der Waals surface area (Å²) >= 11 is 0. The van der Waals surface area contributed by atoms with Gasteiger partial charge in [-0.1, -0.05) is 18.2 Å². The molecule has 150 valence electrons. The normalized spacial score (nSPS) is 16.2. The van der Waals surface area contributed by atoms with Crippen LogP contribution in [0.15, 0.2) is 53.4 Å². The van der Waals surface area contributed by atoms with Gasteiger partial charge in [0, 0.05) is 26.2 Å². The molecule has 0 bridgehead atoms. The van der Waals surface area contributed by atoms with Crippen molar-refractivity contribution >= 4 is 15.9 Å². The van der Waals surface area contributed by atoms with Crippen LogP contribution in [-0.4, -0.2) is 49.7 Å². The van der Waals surface area contributed by atoms with E-state index in [1.165, 1.54) is 29.2 Å². The smallest absolute Gasteiger partial charge is 0.336 e. The molecule has 0 saturated carbocycles. The number of amides is 1. The van der Waals surface area contributed by atoms with Gasteiger partial charge >= 0.3 is 6.18 Å². The summed E-state index contributed by atoms with van der Waals surface area (Å²) < 4.78 is 78.9. The van der Waals surface area contributed by atoms with Gasteiger partial charge in [-0.2, -0.15) is 17.5 Å². The molecule has 0 aromatic heterocycles. The SMILES string of the molecule is O=C(c1ccccc1C(F)(F)F)N1CCN(S(=O)(=O)c2cccc(F)c2)CC1. The standard InChI is InChI=1S/C18H16F4N2O3S/c19-13-4-3-5-14(12-13)28(26,27)24-10-8-23(9-11-24)17(25)15-6-1-2-7-16(15)18(20,21)22/h1-7,12H,8-11H2. The Morgan fingerprint density at radius 1 is 0.929 bits per heavy atom. The molecule has 2 aromatic carbocycles. The van der Waals surface area contributed by atoms with E-state index in [4.69, 9.17) is 0 Å². The fraction of sp³-hybridized carbons (Fsp3) is 0.278. The number of piperazine rings is 1. The molecule has 2 aromatic rings. The zero-order chi connectivity index (χ0) is 20.5. The van der Waals surface area contributed by atoms with E-state index in [1.807, 2.05) is 0 Å². The molecule has 3 rings (SSSR count). The van der Waals surface area contributed by atoms with Crippen molar-refractivity contribution in [3.8, 4) is 0 Å². The predicted molar refractivity (Wildman–Crippen MR) is 92.5 cm³/mol. The van der Waals surface area contributed by atoms with Gasteiger partial charge in [0.2, 0.25) is 10.0 Å². The lowest BCUT2D eigenvalue weighted by molar-refractivity contribution is -0.138. The van der Waals surface area contributed by atoms with Crippen molar-refractivity contribution in [2.24, 2.45) is 0 Å². The molecule has 10 heteroatoms. The molecular formula is C18H16F4N2O3S. The summed E-state index contributed by atoms with van der Waals surface area (Å²) in [5.41, 5.74) is -1.51. The van der Waals surface area contributed by atoms with Crippen molar-refractivity contribution in [1.29, 1.82) is 0 Å². The highest BCUT2D eigenvalue weighted by atomic mass is 32.2. The van der Waals surface area contributed by atoms with E-state index in [9.17, 15) is 30.8 Å². The molecule has 0 aliphatic carbocycles. The first-order chi connectivity index (χ1) is 13.1. The fourth-order valence-electron chi connectivity index (χ4n) is 3.00. The third-order valence-electron chi connectivity index (χ3n) is 4.42. The van der Waals surface area contributed by atoms with Crippen LogP contribution in [0.4, 0.5) is 17.6 Å². The van der Waals surface area contributed by atoms with Crippen LogP contribution in [0.5, 0.6) is 0 Å². The van der Waals surface area contributed by atoms with Gasteiger partial charge in [0.25, 0.3) is 5.91 Å². The molecule has 5 nitrogen and oxygen atoms in total. The summed E-state index contributed by atoms with van der Waals surface area (Å²) in [5, 5.41) is 0. The average Bonchev–Trinajstić information content (AvgIpc) is 2.67. The van der Waals surface area contributed by atoms with Gasteiger partial charge in [-0.05, 0) is 30.3 Å². The topological polar surface area (TPSA) is 57.7 Å².